The highest BCUT2D eigenvalue weighted by molar-refractivity contribution is 9.10. The number of rotatable bonds is 1. The number of benzene rings is 2. The maximum absolute atomic E-state index is 6.27. The number of aromatic nitrogens is 2. The second-order valence-electron chi connectivity index (χ2n) is 4.46. The number of aryl methyl sites for hydroxylation is 1. The Morgan fingerprint density at radius 1 is 1.00 bits per heavy atom. The Kier molecular flexibility index (Phi) is 3.67. The van der Waals surface area contributed by atoms with Crippen LogP contribution in [-0.2, 0) is 0 Å². The quantitative estimate of drug-likeness (QED) is 0.517. The third-order valence-electron chi connectivity index (χ3n) is 3.05. The van der Waals surface area contributed by atoms with Crippen molar-refractivity contribution in [1.82, 2.24) is 9.97 Å². The molecule has 1 heterocycles. The first-order valence-corrected chi connectivity index (χ1v) is 7.49. The maximum atomic E-state index is 6.27. The predicted molar refractivity (Wildman–Crippen MR) is 87.4 cm³/mol. The first kappa shape index (κ1) is 13.8. The minimum absolute atomic E-state index is 0.436. The van der Waals surface area contributed by atoms with E-state index in [9.17, 15) is 0 Å². The van der Waals surface area contributed by atoms with Crippen LogP contribution in [0.1, 0.15) is 5.56 Å². The number of fused-ring (bicyclic) bond motifs is 1. The van der Waals surface area contributed by atoms with Crippen molar-refractivity contribution in [2.45, 2.75) is 6.92 Å². The van der Waals surface area contributed by atoms with E-state index in [0.29, 0.717) is 16.0 Å². The molecule has 0 bridgehead atoms. The van der Waals surface area contributed by atoms with Crippen LogP contribution in [-0.4, -0.2) is 9.97 Å². The van der Waals surface area contributed by atoms with Gasteiger partial charge in [0.2, 0.25) is 0 Å². The van der Waals surface area contributed by atoms with Crippen molar-refractivity contribution in [1.29, 1.82) is 0 Å². The van der Waals surface area contributed by atoms with Crippen LogP contribution in [0.25, 0.3) is 22.3 Å². The molecule has 0 aliphatic rings. The molecular weight excluding hydrogens is 359 g/mol. The van der Waals surface area contributed by atoms with E-state index in [1.165, 1.54) is 0 Å². The summed E-state index contributed by atoms with van der Waals surface area (Å²) in [5, 5.41) is 1.91. The van der Waals surface area contributed by atoms with E-state index in [2.05, 4.69) is 25.9 Å². The fourth-order valence-electron chi connectivity index (χ4n) is 2.02. The lowest BCUT2D eigenvalue weighted by molar-refractivity contribution is 1.21. The molecule has 0 radical (unpaired) electrons. The summed E-state index contributed by atoms with van der Waals surface area (Å²) in [7, 11) is 0. The second-order valence-corrected chi connectivity index (χ2v) is 6.17. The van der Waals surface area contributed by atoms with E-state index < -0.39 is 0 Å². The molecule has 0 spiro atoms. The van der Waals surface area contributed by atoms with Crippen LogP contribution >= 0.6 is 39.1 Å². The zero-order chi connectivity index (χ0) is 14.3. The highest BCUT2D eigenvalue weighted by atomic mass is 79.9. The van der Waals surface area contributed by atoms with Gasteiger partial charge in [-0.05, 0) is 42.8 Å². The van der Waals surface area contributed by atoms with E-state index in [1.807, 2.05) is 43.3 Å². The van der Waals surface area contributed by atoms with Crippen molar-refractivity contribution < 1.29 is 0 Å². The third-order valence-corrected chi connectivity index (χ3v) is 4.07. The average Bonchev–Trinajstić information content (AvgIpc) is 2.42. The van der Waals surface area contributed by atoms with Gasteiger partial charge in [-0.2, -0.15) is 0 Å². The normalized spacial score (nSPS) is 11.0. The molecule has 2 aromatic carbocycles. The molecule has 3 rings (SSSR count). The highest BCUT2D eigenvalue weighted by Gasteiger charge is 2.10. The second kappa shape index (κ2) is 5.32. The molecule has 0 unspecified atom stereocenters. The van der Waals surface area contributed by atoms with Gasteiger partial charge in [-0.3, -0.25) is 0 Å². The van der Waals surface area contributed by atoms with Crippen molar-refractivity contribution >= 4 is 50.0 Å². The number of hydrogen-bond acceptors (Lipinski definition) is 2. The average molecular weight is 368 g/mol. The van der Waals surface area contributed by atoms with Gasteiger partial charge in [0.15, 0.2) is 5.82 Å². The molecule has 100 valence electrons. The van der Waals surface area contributed by atoms with Gasteiger partial charge in [-0.15, -0.1) is 0 Å². The molecule has 0 atom stereocenters. The molecular formula is C15H9BrCl2N2. The molecule has 0 amide bonds. The van der Waals surface area contributed by atoms with Crippen molar-refractivity contribution in [2.24, 2.45) is 0 Å². The minimum Gasteiger partial charge on any atom is -0.228 e. The van der Waals surface area contributed by atoms with Crippen LogP contribution in [0.4, 0.5) is 0 Å². The van der Waals surface area contributed by atoms with Crippen molar-refractivity contribution in [3.63, 3.8) is 0 Å². The van der Waals surface area contributed by atoms with Crippen molar-refractivity contribution in [2.75, 3.05) is 0 Å². The summed E-state index contributed by atoms with van der Waals surface area (Å²) in [5.41, 5.74) is 2.76. The smallest absolute Gasteiger partial charge is 0.161 e. The molecule has 1 aromatic heterocycles. The van der Waals surface area contributed by atoms with Crippen LogP contribution in [0.5, 0.6) is 0 Å². The number of nitrogens with zero attached hydrogens (tertiary/aromatic N) is 2. The number of halogens is 3. The first-order valence-electron chi connectivity index (χ1n) is 5.94. The van der Waals surface area contributed by atoms with Crippen LogP contribution in [0, 0.1) is 6.92 Å². The lowest BCUT2D eigenvalue weighted by atomic mass is 10.1. The minimum atomic E-state index is 0.436. The van der Waals surface area contributed by atoms with Gasteiger partial charge in [0.05, 0.1) is 5.52 Å². The summed E-state index contributed by atoms with van der Waals surface area (Å²) in [6.07, 6.45) is 0. The molecule has 5 heteroatoms. The standard InChI is InChI=1S/C15H9BrCl2N2/c1-8-2-4-10(17)7-11(8)15-19-13-5-3-9(16)6-12(13)14(18)20-15/h2-7H,1H3. The van der Waals surface area contributed by atoms with Crippen LogP contribution in [0.15, 0.2) is 40.9 Å². The Hall–Kier alpha value is -1.16. The zero-order valence-electron chi connectivity index (χ0n) is 10.5. The van der Waals surface area contributed by atoms with Crippen LogP contribution in [0.3, 0.4) is 0 Å². The van der Waals surface area contributed by atoms with Gasteiger partial charge in [0, 0.05) is 20.4 Å². The van der Waals surface area contributed by atoms with E-state index >= 15 is 0 Å². The van der Waals surface area contributed by atoms with Gasteiger partial charge in [0.1, 0.15) is 5.15 Å². The summed E-state index contributed by atoms with van der Waals surface area (Å²) in [6, 6.07) is 11.4. The molecule has 0 aliphatic carbocycles. The SMILES string of the molecule is Cc1ccc(Cl)cc1-c1nc(Cl)c2cc(Br)ccc2n1. The van der Waals surface area contributed by atoms with Gasteiger partial charge in [-0.25, -0.2) is 9.97 Å². The Morgan fingerprint density at radius 2 is 1.80 bits per heavy atom. The summed E-state index contributed by atoms with van der Waals surface area (Å²) in [4.78, 5) is 8.96. The topological polar surface area (TPSA) is 25.8 Å². The Labute approximate surface area is 134 Å². The summed E-state index contributed by atoms with van der Waals surface area (Å²) < 4.78 is 0.946. The zero-order valence-corrected chi connectivity index (χ0v) is 13.6. The van der Waals surface area contributed by atoms with Gasteiger partial charge in [-0.1, -0.05) is 45.2 Å². The summed E-state index contributed by atoms with van der Waals surface area (Å²) in [5.74, 6) is 0.588. The fraction of sp³-hybridized carbons (Fsp3) is 0.0667. The molecule has 2 nitrogen and oxygen atoms in total. The Balaban J connectivity index is 2.27. The molecule has 0 fully saturated rings. The molecule has 3 aromatic rings. The lowest BCUT2D eigenvalue weighted by Gasteiger charge is -2.08. The van der Waals surface area contributed by atoms with Gasteiger partial charge < -0.3 is 0 Å². The fourth-order valence-corrected chi connectivity index (χ4v) is 2.78. The molecule has 20 heavy (non-hydrogen) atoms. The van der Waals surface area contributed by atoms with Gasteiger partial charge >= 0.3 is 0 Å². The first-order chi connectivity index (χ1) is 9.54. The lowest BCUT2D eigenvalue weighted by Crippen LogP contribution is -1.94. The van der Waals surface area contributed by atoms with E-state index in [-0.39, 0.29) is 0 Å². The Bertz CT molecular complexity index is 818. The maximum Gasteiger partial charge on any atom is 0.161 e. The van der Waals surface area contributed by atoms with Gasteiger partial charge in [0.25, 0.3) is 0 Å². The summed E-state index contributed by atoms with van der Waals surface area (Å²) in [6.45, 7) is 1.99. The third kappa shape index (κ3) is 2.53. The van der Waals surface area contributed by atoms with E-state index in [1.54, 1.807) is 0 Å². The number of hydrogen-bond donors (Lipinski definition) is 0. The van der Waals surface area contributed by atoms with Crippen LogP contribution in [0.2, 0.25) is 10.2 Å². The molecule has 0 saturated heterocycles. The predicted octanol–water partition coefficient (Wildman–Crippen LogP) is 5.67. The van der Waals surface area contributed by atoms with Crippen molar-refractivity contribution in [3.8, 4) is 11.4 Å². The molecule has 0 N–H and O–H groups in total. The monoisotopic (exact) mass is 366 g/mol. The molecule has 0 saturated carbocycles. The Morgan fingerprint density at radius 3 is 2.60 bits per heavy atom. The highest BCUT2D eigenvalue weighted by Crippen LogP contribution is 2.29. The van der Waals surface area contributed by atoms with E-state index in [0.717, 1.165) is 26.5 Å². The molecule has 0 aliphatic heterocycles. The van der Waals surface area contributed by atoms with Crippen molar-refractivity contribution in [3.05, 3.63) is 56.6 Å². The summed E-state index contributed by atoms with van der Waals surface area (Å²) >= 11 is 15.7. The van der Waals surface area contributed by atoms with E-state index in [4.69, 9.17) is 23.2 Å². The largest absolute Gasteiger partial charge is 0.228 e. The van der Waals surface area contributed by atoms with Crippen LogP contribution < -0.4 is 0 Å².